The Morgan fingerprint density at radius 3 is 2.33 bits per heavy atom. The predicted octanol–water partition coefficient (Wildman–Crippen LogP) is 1.30. The molecule has 0 radical (unpaired) electrons. The van der Waals surface area contributed by atoms with Gasteiger partial charge in [0.1, 0.15) is 5.70 Å². The van der Waals surface area contributed by atoms with Crippen LogP contribution in [0.25, 0.3) is 0 Å². The van der Waals surface area contributed by atoms with Crippen molar-refractivity contribution >= 4 is 0 Å². The van der Waals surface area contributed by atoms with Crippen LogP contribution in [0.4, 0.5) is 0 Å². The van der Waals surface area contributed by atoms with Crippen LogP contribution in [-0.2, 0) is 0 Å². The lowest BCUT2D eigenvalue weighted by molar-refractivity contribution is 1.38. The van der Waals surface area contributed by atoms with E-state index in [1.165, 1.54) is 12.2 Å². The van der Waals surface area contributed by atoms with Gasteiger partial charge in [0.15, 0.2) is 0 Å². The molecule has 0 fully saturated rings. The number of rotatable bonds is 3. The van der Waals surface area contributed by atoms with Crippen LogP contribution in [0, 0.1) is 4.91 Å². The molecule has 0 atom stereocenters. The summed E-state index contributed by atoms with van der Waals surface area (Å²) in [4.78, 5) is 9.65. The minimum atomic E-state index is 0.140. The summed E-state index contributed by atoms with van der Waals surface area (Å²) in [5.41, 5.74) is 5.64. The zero-order chi connectivity index (χ0) is 7.28. The maximum absolute atomic E-state index is 9.65. The molecule has 3 nitrogen and oxygen atoms in total. The summed E-state index contributed by atoms with van der Waals surface area (Å²) in [6.45, 7) is 6.65. The van der Waals surface area contributed by atoms with E-state index in [-0.39, 0.29) is 5.70 Å². The number of nitrogens with zero attached hydrogens (tertiary/aromatic N) is 1. The monoisotopic (exact) mass is 124 g/mol. The van der Waals surface area contributed by atoms with Gasteiger partial charge in [-0.15, -0.1) is 4.91 Å². The van der Waals surface area contributed by atoms with Gasteiger partial charge < -0.3 is 5.73 Å². The van der Waals surface area contributed by atoms with Crippen LogP contribution in [0.2, 0.25) is 0 Å². The van der Waals surface area contributed by atoms with E-state index in [0.29, 0.717) is 5.70 Å². The van der Waals surface area contributed by atoms with Crippen LogP contribution in [0.5, 0.6) is 0 Å². The van der Waals surface area contributed by atoms with Gasteiger partial charge in [0.2, 0.25) is 0 Å². The Balaban J connectivity index is 3.85. The van der Waals surface area contributed by atoms with Crippen LogP contribution in [0.15, 0.2) is 41.9 Å². The van der Waals surface area contributed by atoms with Gasteiger partial charge in [-0.05, 0) is 17.3 Å². The first kappa shape index (κ1) is 7.62. The summed E-state index contributed by atoms with van der Waals surface area (Å²) in [6, 6.07) is 0. The van der Waals surface area contributed by atoms with E-state index < -0.39 is 0 Å². The van der Waals surface area contributed by atoms with Gasteiger partial charge in [-0.1, -0.05) is 13.2 Å². The first-order valence-corrected chi connectivity index (χ1v) is 2.31. The predicted molar refractivity (Wildman–Crippen MR) is 37.4 cm³/mol. The second-order valence-corrected chi connectivity index (χ2v) is 1.49. The van der Waals surface area contributed by atoms with E-state index in [4.69, 9.17) is 5.73 Å². The fraction of sp³-hybridized carbons (Fsp3) is 0. The van der Waals surface area contributed by atoms with Gasteiger partial charge in [0, 0.05) is 5.70 Å². The molecule has 3 heteroatoms. The van der Waals surface area contributed by atoms with Gasteiger partial charge in [-0.2, -0.15) is 0 Å². The zero-order valence-electron chi connectivity index (χ0n) is 5.00. The highest BCUT2D eigenvalue weighted by atomic mass is 16.3. The van der Waals surface area contributed by atoms with Crippen LogP contribution in [0.3, 0.4) is 0 Å². The Bertz CT molecular complexity index is 170. The van der Waals surface area contributed by atoms with E-state index >= 15 is 0 Å². The van der Waals surface area contributed by atoms with Gasteiger partial charge in [0.25, 0.3) is 0 Å². The lowest BCUT2D eigenvalue weighted by Crippen LogP contribution is -1.87. The Hall–Kier alpha value is -1.38. The number of hydrogen-bond donors (Lipinski definition) is 1. The summed E-state index contributed by atoms with van der Waals surface area (Å²) in [7, 11) is 0. The molecule has 0 aliphatic heterocycles. The first-order chi connectivity index (χ1) is 4.16. The van der Waals surface area contributed by atoms with Crippen LogP contribution in [0.1, 0.15) is 0 Å². The Morgan fingerprint density at radius 2 is 2.00 bits per heavy atom. The molecule has 0 amide bonds. The maximum atomic E-state index is 9.65. The minimum Gasteiger partial charge on any atom is -0.399 e. The van der Waals surface area contributed by atoms with Crippen molar-refractivity contribution in [3.63, 3.8) is 0 Å². The van der Waals surface area contributed by atoms with Crippen LogP contribution in [-0.4, -0.2) is 0 Å². The van der Waals surface area contributed by atoms with Crippen molar-refractivity contribution in [2.75, 3.05) is 0 Å². The summed E-state index contributed by atoms with van der Waals surface area (Å²) in [5, 5.41) is 2.53. The lowest BCUT2D eigenvalue weighted by Gasteiger charge is -1.83. The molecule has 0 rings (SSSR count). The molecular weight excluding hydrogens is 116 g/mol. The molecule has 0 aliphatic carbocycles. The van der Waals surface area contributed by atoms with Crippen molar-refractivity contribution in [1.29, 1.82) is 0 Å². The topological polar surface area (TPSA) is 55.4 Å². The normalized spacial score (nSPS) is 9.33. The smallest absolute Gasteiger partial charge is 0.100 e. The third kappa shape index (κ3) is 4.47. The van der Waals surface area contributed by atoms with Crippen molar-refractivity contribution in [3.05, 3.63) is 41.6 Å². The van der Waals surface area contributed by atoms with Crippen LogP contribution < -0.4 is 5.73 Å². The van der Waals surface area contributed by atoms with E-state index in [1.54, 1.807) is 0 Å². The molecule has 48 valence electrons. The number of nitroso groups, excluding NO2 is 1. The second kappa shape index (κ2) is 3.60. The van der Waals surface area contributed by atoms with Gasteiger partial charge in [0.05, 0.1) is 0 Å². The Morgan fingerprint density at radius 1 is 1.44 bits per heavy atom. The average molecular weight is 124 g/mol. The van der Waals surface area contributed by atoms with Gasteiger partial charge in [-0.25, -0.2) is 0 Å². The molecule has 0 aromatic carbocycles. The van der Waals surface area contributed by atoms with Gasteiger partial charge >= 0.3 is 0 Å². The fourth-order valence-corrected chi connectivity index (χ4v) is 0.234. The Labute approximate surface area is 53.5 Å². The maximum Gasteiger partial charge on any atom is 0.100 e. The fourth-order valence-electron chi connectivity index (χ4n) is 0.234. The largest absolute Gasteiger partial charge is 0.399 e. The highest BCUT2D eigenvalue weighted by Crippen LogP contribution is 1.93. The molecule has 0 unspecified atom stereocenters. The standard InChI is InChI=1S/C6H8N2O/c1-5(7)3-4-6(2)8-9/h3-4H,1-2,7H2/b4-3-. The number of hydrogen-bond acceptors (Lipinski definition) is 3. The second-order valence-electron chi connectivity index (χ2n) is 1.49. The molecule has 0 saturated carbocycles. The van der Waals surface area contributed by atoms with Crippen molar-refractivity contribution < 1.29 is 0 Å². The molecular formula is C6H8N2O. The number of allylic oxidation sites excluding steroid dienone is 2. The third-order valence-electron chi connectivity index (χ3n) is 0.607. The molecule has 0 aromatic heterocycles. The summed E-state index contributed by atoms with van der Waals surface area (Å²) in [5.74, 6) is 0. The SMILES string of the molecule is C=C(N)/C=C\C(=C)N=O. The summed E-state index contributed by atoms with van der Waals surface area (Å²) < 4.78 is 0. The molecule has 0 bridgehead atoms. The van der Waals surface area contributed by atoms with Crippen molar-refractivity contribution in [1.82, 2.24) is 0 Å². The molecule has 0 heterocycles. The van der Waals surface area contributed by atoms with E-state index in [2.05, 4.69) is 18.3 Å². The van der Waals surface area contributed by atoms with Crippen molar-refractivity contribution in [2.24, 2.45) is 10.9 Å². The highest BCUT2D eigenvalue weighted by Gasteiger charge is 1.80. The van der Waals surface area contributed by atoms with Crippen molar-refractivity contribution in [3.8, 4) is 0 Å². The third-order valence-corrected chi connectivity index (χ3v) is 0.607. The van der Waals surface area contributed by atoms with Crippen molar-refractivity contribution in [2.45, 2.75) is 0 Å². The summed E-state index contributed by atoms with van der Waals surface area (Å²) >= 11 is 0. The zero-order valence-corrected chi connectivity index (χ0v) is 5.00. The molecule has 0 spiro atoms. The first-order valence-electron chi connectivity index (χ1n) is 2.31. The quantitative estimate of drug-likeness (QED) is 0.455. The molecule has 0 saturated heterocycles. The number of nitrogens with two attached hydrogens (primary N) is 1. The average Bonchev–Trinajstić information content (AvgIpc) is 1.83. The van der Waals surface area contributed by atoms with Crippen LogP contribution >= 0.6 is 0 Å². The van der Waals surface area contributed by atoms with E-state index in [9.17, 15) is 4.91 Å². The van der Waals surface area contributed by atoms with Gasteiger partial charge in [-0.3, -0.25) is 0 Å². The summed E-state index contributed by atoms with van der Waals surface area (Å²) in [6.07, 6.45) is 2.86. The highest BCUT2D eigenvalue weighted by molar-refractivity contribution is 5.20. The molecule has 2 N–H and O–H groups in total. The lowest BCUT2D eigenvalue weighted by atomic mass is 10.4. The minimum absolute atomic E-state index is 0.140. The molecule has 9 heavy (non-hydrogen) atoms. The molecule has 0 aliphatic rings. The van der Waals surface area contributed by atoms with E-state index in [1.807, 2.05) is 0 Å². The molecule has 0 aromatic rings. The van der Waals surface area contributed by atoms with E-state index in [0.717, 1.165) is 0 Å². The Kier molecular flexibility index (Phi) is 3.05.